The van der Waals surface area contributed by atoms with Gasteiger partial charge in [-0.25, -0.2) is 0 Å². The Labute approximate surface area is 139 Å². The molecule has 0 atom stereocenters. The second-order valence-corrected chi connectivity index (χ2v) is 5.41. The summed E-state index contributed by atoms with van der Waals surface area (Å²) < 4.78 is 5.69. The van der Waals surface area contributed by atoms with Gasteiger partial charge in [0.1, 0.15) is 5.75 Å². The van der Waals surface area contributed by atoms with E-state index in [1.54, 1.807) is 24.3 Å². The Kier molecular flexibility index (Phi) is 5.07. The molecule has 2 rings (SSSR count). The van der Waals surface area contributed by atoms with Crippen LogP contribution in [0.25, 0.3) is 0 Å². The highest BCUT2D eigenvalue weighted by Gasteiger charge is 2.19. The van der Waals surface area contributed by atoms with Crippen LogP contribution in [0.1, 0.15) is 17.3 Å². The molecule has 0 saturated heterocycles. The predicted octanol–water partition coefficient (Wildman–Crippen LogP) is 3.53. The number of amides is 1. The quantitative estimate of drug-likeness (QED) is 0.379. The molecule has 1 N–H and O–H groups in total. The number of esters is 1. The predicted molar refractivity (Wildman–Crippen MR) is 86.5 cm³/mol. The highest BCUT2D eigenvalue weighted by Crippen LogP contribution is 2.26. The van der Waals surface area contributed by atoms with Crippen LogP contribution in [0.2, 0.25) is 0 Å². The maximum atomic E-state index is 12.4. The molecule has 0 unspecified atom stereocenters. The minimum atomic E-state index is -0.632. The van der Waals surface area contributed by atoms with E-state index in [0.29, 0.717) is 5.69 Å². The number of halogens is 1. The second-order valence-electron chi connectivity index (χ2n) is 4.50. The van der Waals surface area contributed by atoms with E-state index in [1.165, 1.54) is 13.0 Å². The number of benzene rings is 2. The van der Waals surface area contributed by atoms with Gasteiger partial charge in [0.15, 0.2) is 0 Å². The standard InChI is InChI=1S/C15H11BrN2O5/c1-9(19)23-14-6-5-12(18(21)22)8-13(14)15(20)17-11-4-2-3-10(16)7-11/h2-8H,1H3,(H,17,20). The fourth-order valence-electron chi connectivity index (χ4n) is 1.82. The first kappa shape index (κ1) is 16.6. The smallest absolute Gasteiger partial charge is 0.308 e. The molecule has 0 spiro atoms. The number of nitrogens with zero attached hydrogens (tertiary/aromatic N) is 1. The molecule has 1 amide bonds. The van der Waals surface area contributed by atoms with Gasteiger partial charge < -0.3 is 10.1 Å². The lowest BCUT2D eigenvalue weighted by molar-refractivity contribution is -0.384. The molecule has 7 nitrogen and oxygen atoms in total. The molecule has 0 saturated carbocycles. The summed E-state index contributed by atoms with van der Waals surface area (Å²) in [5.74, 6) is -1.30. The molecular weight excluding hydrogens is 368 g/mol. The number of rotatable bonds is 4. The lowest BCUT2D eigenvalue weighted by Crippen LogP contribution is -2.15. The lowest BCUT2D eigenvalue weighted by Gasteiger charge is -2.10. The number of nitro groups is 1. The van der Waals surface area contributed by atoms with E-state index >= 15 is 0 Å². The first-order valence-electron chi connectivity index (χ1n) is 6.40. The van der Waals surface area contributed by atoms with Crippen molar-refractivity contribution in [2.24, 2.45) is 0 Å². The van der Waals surface area contributed by atoms with Crippen LogP contribution >= 0.6 is 15.9 Å². The minimum absolute atomic E-state index is 0.0457. The topological polar surface area (TPSA) is 98.5 Å². The third kappa shape index (κ3) is 4.36. The summed E-state index contributed by atoms with van der Waals surface area (Å²) in [4.78, 5) is 33.7. The van der Waals surface area contributed by atoms with Crippen molar-refractivity contribution in [3.63, 3.8) is 0 Å². The summed E-state index contributed by atoms with van der Waals surface area (Å²) in [6.07, 6.45) is 0. The van der Waals surface area contributed by atoms with Crippen molar-refractivity contribution in [1.29, 1.82) is 0 Å². The summed E-state index contributed by atoms with van der Waals surface area (Å²) in [7, 11) is 0. The van der Waals surface area contributed by atoms with E-state index in [4.69, 9.17) is 4.74 Å². The van der Waals surface area contributed by atoms with Crippen LogP contribution < -0.4 is 10.1 Å². The molecule has 0 radical (unpaired) electrons. The van der Waals surface area contributed by atoms with Crippen LogP contribution in [0.4, 0.5) is 11.4 Å². The van der Waals surface area contributed by atoms with Crippen molar-refractivity contribution in [3.8, 4) is 5.75 Å². The number of ether oxygens (including phenoxy) is 1. The highest BCUT2D eigenvalue weighted by molar-refractivity contribution is 9.10. The second kappa shape index (κ2) is 7.01. The van der Waals surface area contributed by atoms with Crippen LogP contribution in [0.3, 0.4) is 0 Å². The van der Waals surface area contributed by atoms with Gasteiger partial charge in [0, 0.05) is 29.2 Å². The molecule has 0 bridgehead atoms. The third-order valence-electron chi connectivity index (χ3n) is 2.75. The van der Waals surface area contributed by atoms with Gasteiger partial charge in [-0.05, 0) is 24.3 Å². The monoisotopic (exact) mass is 378 g/mol. The first-order chi connectivity index (χ1) is 10.9. The highest BCUT2D eigenvalue weighted by atomic mass is 79.9. The molecule has 2 aromatic carbocycles. The molecule has 2 aromatic rings. The van der Waals surface area contributed by atoms with Gasteiger partial charge in [-0.2, -0.15) is 0 Å². The van der Waals surface area contributed by atoms with Crippen molar-refractivity contribution in [2.45, 2.75) is 6.92 Å². The fraction of sp³-hybridized carbons (Fsp3) is 0.0667. The first-order valence-corrected chi connectivity index (χ1v) is 7.20. The molecule has 118 valence electrons. The Morgan fingerprint density at radius 1 is 1.22 bits per heavy atom. The zero-order chi connectivity index (χ0) is 17.0. The Morgan fingerprint density at radius 3 is 2.57 bits per heavy atom. The maximum Gasteiger partial charge on any atom is 0.308 e. The molecule has 0 heterocycles. The van der Waals surface area contributed by atoms with Crippen LogP contribution in [-0.4, -0.2) is 16.8 Å². The number of nitro benzene ring substituents is 1. The SMILES string of the molecule is CC(=O)Oc1ccc([N+](=O)[O-])cc1C(=O)Nc1cccc(Br)c1. The number of carbonyl (C=O) groups is 2. The van der Waals surface area contributed by atoms with Crippen molar-refractivity contribution in [1.82, 2.24) is 0 Å². The minimum Gasteiger partial charge on any atom is -0.426 e. The number of anilines is 1. The van der Waals surface area contributed by atoms with E-state index in [0.717, 1.165) is 16.6 Å². The maximum absolute atomic E-state index is 12.4. The zero-order valence-electron chi connectivity index (χ0n) is 11.9. The third-order valence-corrected chi connectivity index (χ3v) is 3.25. The van der Waals surface area contributed by atoms with Gasteiger partial charge in [-0.1, -0.05) is 22.0 Å². The van der Waals surface area contributed by atoms with E-state index in [9.17, 15) is 19.7 Å². The number of nitrogens with one attached hydrogen (secondary N) is 1. The fourth-order valence-corrected chi connectivity index (χ4v) is 2.22. The Balaban J connectivity index is 2.37. The molecule has 0 aromatic heterocycles. The number of carbonyl (C=O) groups excluding carboxylic acids is 2. The summed E-state index contributed by atoms with van der Waals surface area (Å²) in [5, 5.41) is 13.5. The molecule has 23 heavy (non-hydrogen) atoms. The van der Waals surface area contributed by atoms with Crippen molar-refractivity contribution < 1.29 is 19.2 Å². The molecule has 0 aliphatic rings. The Hall–Kier alpha value is -2.74. The van der Waals surface area contributed by atoms with Crippen LogP contribution in [0, 0.1) is 10.1 Å². The average Bonchev–Trinajstić information content (AvgIpc) is 2.46. The normalized spacial score (nSPS) is 10.0. The number of hydrogen-bond donors (Lipinski definition) is 1. The average molecular weight is 379 g/mol. The van der Waals surface area contributed by atoms with Gasteiger partial charge in [0.2, 0.25) is 0 Å². The van der Waals surface area contributed by atoms with Crippen LogP contribution in [-0.2, 0) is 4.79 Å². The summed E-state index contributed by atoms with van der Waals surface area (Å²) in [6.45, 7) is 1.18. The Morgan fingerprint density at radius 2 is 1.96 bits per heavy atom. The molecule has 0 aliphatic heterocycles. The number of hydrogen-bond acceptors (Lipinski definition) is 5. The van der Waals surface area contributed by atoms with Gasteiger partial charge in [0.05, 0.1) is 10.5 Å². The van der Waals surface area contributed by atoms with E-state index < -0.39 is 16.8 Å². The van der Waals surface area contributed by atoms with Crippen molar-refractivity contribution >= 4 is 39.2 Å². The van der Waals surface area contributed by atoms with Gasteiger partial charge >= 0.3 is 5.97 Å². The summed E-state index contributed by atoms with van der Waals surface area (Å²) >= 11 is 3.28. The molecule has 0 fully saturated rings. The van der Waals surface area contributed by atoms with Gasteiger partial charge in [-0.3, -0.25) is 19.7 Å². The van der Waals surface area contributed by atoms with E-state index in [2.05, 4.69) is 21.2 Å². The Bertz CT molecular complexity index is 791. The largest absolute Gasteiger partial charge is 0.426 e. The van der Waals surface area contributed by atoms with Gasteiger partial charge in [-0.15, -0.1) is 0 Å². The number of non-ortho nitro benzene ring substituents is 1. The lowest BCUT2D eigenvalue weighted by atomic mass is 10.1. The van der Waals surface area contributed by atoms with Crippen molar-refractivity contribution in [2.75, 3.05) is 5.32 Å². The zero-order valence-corrected chi connectivity index (χ0v) is 13.5. The van der Waals surface area contributed by atoms with Crippen LogP contribution in [0.15, 0.2) is 46.9 Å². The van der Waals surface area contributed by atoms with E-state index in [1.807, 2.05) is 0 Å². The summed E-state index contributed by atoms with van der Waals surface area (Å²) in [5.41, 5.74) is 0.110. The van der Waals surface area contributed by atoms with E-state index in [-0.39, 0.29) is 17.0 Å². The molecular formula is C15H11BrN2O5. The van der Waals surface area contributed by atoms with Crippen LogP contribution in [0.5, 0.6) is 5.75 Å². The molecule has 0 aliphatic carbocycles. The van der Waals surface area contributed by atoms with Crippen molar-refractivity contribution in [3.05, 3.63) is 62.6 Å². The molecule has 8 heteroatoms. The van der Waals surface area contributed by atoms with Gasteiger partial charge in [0.25, 0.3) is 11.6 Å². The summed E-state index contributed by atoms with van der Waals surface area (Å²) in [6, 6.07) is 10.3.